The lowest BCUT2D eigenvalue weighted by atomic mass is 9.66. The molecular weight excluding hydrogens is 132 g/mol. The van der Waals surface area contributed by atoms with Crippen molar-refractivity contribution in [3.05, 3.63) is 42.8 Å². The molecule has 0 atom stereocenters. The molecule has 1 aromatic rings. The second-order valence-electron chi connectivity index (χ2n) is 3.50. The lowest BCUT2D eigenvalue weighted by molar-refractivity contribution is 0.310. The summed E-state index contributed by atoms with van der Waals surface area (Å²) in [6, 6.07) is 10.6. The van der Waals surface area contributed by atoms with Gasteiger partial charge in [0.25, 0.3) is 0 Å². The fraction of sp³-hybridized carbons (Fsp3) is 0.364. The zero-order valence-electron chi connectivity index (χ0n) is 6.72. The van der Waals surface area contributed by atoms with E-state index in [9.17, 15) is 0 Å². The van der Waals surface area contributed by atoms with Gasteiger partial charge in [0.05, 0.1) is 0 Å². The molecule has 1 fully saturated rings. The average molecular weight is 145 g/mol. The Labute approximate surface area is 68.3 Å². The predicted octanol–water partition coefficient (Wildman–Crippen LogP) is 2.94. The number of hydrogen-bond acceptors (Lipinski definition) is 0. The minimum atomic E-state index is 0.265. The highest BCUT2D eigenvalue weighted by molar-refractivity contribution is 5.28. The summed E-state index contributed by atoms with van der Waals surface area (Å²) in [5.41, 5.74) is 1.67. The van der Waals surface area contributed by atoms with Gasteiger partial charge in [0.2, 0.25) is 0 Å². The monoisotopic (exact) mass is 145 g/mol. The van der Waals surface area contributed by atoms with Crippen LogP contribution in [0.5, 0.6) is 0 Å². The van der Waals surface area contributed by atoms with Crippen molar-refractivity contribution in [3.8, 4) is 0 Å². The highest BCUT2D eigenvalue weighted by Crippen LogP contribution is 2.42. The zero-order valence-corrected chi connectivity index (χ0v) is 6.72. The molecule has 0 N–H and O–H groups in total. The Balaban J connectivity index is 2.29. The Morgan fingerprint density at radius 3 is 2.18 bits per heavy atom. The fourth-order valence-electron chi connectivity index (χ4n) is 1.68. The second-order valence-corrected chi connectivity index (χ2v) is 3.50. The smallest absolute Gasteiger partial charge is 0.00466 e. The van der Waals surface area contributed by atoms with Gasteiger partial charge in [-0.05, 0) is 30.7 Å². The van der Waals surface area contributed by atoms with E-state index in [0.717, 1.165) is 0 Å². The molecule has 0 spiro atoms. The third-order valence-corrected chi connectivity index (χ3v) is 2.70. The van der Waals surface area contributed by atoms with Crippen LogP contribution in [0.25, 0.3) is 0 Å². The van der Waals surface area contributed by atoms with Crippen LogP contribution in [0.4, 0.5) is 0 Å². The maximum atomic E-state index is 4.25. The van der Waals surface area contributed by atoms with Gasteiger partial charge in [-0.25, -0.2) is 0 Å². The molecule has 1 saturated carbocycles. The van der Waals surface area contributed by atoms with Gasteiger partial charge in [0.15, 0.2) is 0 Å². The summed E-state index contributed by atoms with van der Waals surface area (Å²) >= 11 is 0. The number of hydrogen-bond donors (Lipinski definition) is 0. The fourth-order valence-corrected chi connectivity index (χ4v) is 1.68. The highest BCUT2D eigenvalue weighted by Gasteiger charge is 2.33. The van der Waals surface area contributed by atoms with Crippen LogP contribution in [-0.2, 0) is 5.41 Å². The molecular formula is C11H13. The molecule has 1 aliphatic carbocycles. The van der Waals surface area contributed by atoms with Crippen molar-refractivity contribution in [2.24, 2.45) is 0 Å². The SMILES string of the molecule is [CH2]C1(c2ccccc2)CCC1. The lowest BCUT2D eigenvalue weighted by Gasteiger charge is -2.38. The van der Waals surface area contributed by atoms with Crippen molar-refractivity contribution in [2.75, 3.05) is 0 Å². The third-order valence-electron chi connectivity index (χ3n) is 2.70. The molecule has 0 nitrogen and oxygen atoms in total. The van der Waals surface area contributed by atoms with Gasteiger partial charge in [-0.2, -0.15) is 0 Å². The molecule has 2 rings (SSSR count). The molecule has 0 heteroatoms. The van der Waals surface area contributed by atoms with Gasteiger partial charge in [-0.15, -0.1) is 0 Å². The van der Waals surface area contributed by atoms with E-state index in [2.05, 4.69) is 37.3 Å². The van der Waals surface area contributed by atoms with Crippen molar-refractivity contribution in [3.63, 3.8) is 0 Å². The summed E-state index contributed by atoms with van der Waals surface area (Å²) < 4.78 is 0. The Kier molecular flexibility index (Phi) is 1.49. The van der Waals surface area contributed by atoms with E-state index < -0.39 is 0 Å². The Morgan fingerprint density at radius 1 is 1.09 bits per heavy atom. The first kappa shape index (κ1) is 6.90. The molecule has 57 valence electrons. The molecule has 0 unspecified atom stereocenters. The van der Waals surface area contributed by atoms with Crippen molar-refractivity contribution < 1.29 is 0 Å². The molecule has 11 heavy (non-hydrogen) atoms. The van der Waals surface area contributed by atoms with Crippen molar-refractivity contribution in [2.45, 2.75) is 24.7 Å². The summed E-state index contributed by atoms with van der Waals surface area (Å²) in [6.07, 6.45) is 3.87. The quantitative estimate of drug-likeness (QED) is 0.570. The van der Waals surface area contributed by atoms with E-state index in [1.54, 1.807) is 0 Å². The molecule has 1 radical (unpaired) electrons. The predicted molar refractivity (Wildman–Crippen MR) is 47.3 cm³/mol. The molecule has 0 aliphatic heterocycles. The Hall–Kier alpha value is -0.780. The minimum absolute atomic E-state index is 0.265. The van der Waals surface area contributed by atoms with Crippen LogP contribution in [-0.4, -0.2) is 0 Å². The first-order valence-electron chi connectivity index (χ1n) is 4.22. The second kappa shape index (κ2) is 2.37. The first-order chi connectivity index (χ1) is 5.31. The average Bonchev–Trinajstić information content (AvgIpc) is 2.02. The van der Waals surface area contributed by atoms with Gasteiger partial charge in [0.1, 0.15) is 0 Å². The Morgan fingerprint density at radius 2 is 1.73 bits per heavy atom. The van der Waals surface area contributed by atoms with E-state index in [1.165, 1.54) is 24.8 Å². The van der Waals surface area contributed by atoms with Gasteiger partial charge in [0, 0.05) is 0 Å². The van der Waals surface area contributed by atoms with Crippen molar-refractivity contribution in [1.82, 2.24) is 0 Å². The minimum Gasteiger partial charge on any atom is -0.0622 e. The van der Waals surface area contributed by atoms with Crippen LogP contribution in [0.2, 0.25) is 0 Å². The topological polar surface area (TPSA) is 0 Å². The summed E-state index contributed by atoms with van der Waals surface area (Å²) in [7, 11) is 0. The van der Waals surface area contributed by atoms with Crippen molar-refractivity contribution >= 4 is 0 Å². The summed E-state index contributed by atoms with van der Waals surface area (Å²) in [5, 5.41) is 0. The van der Waals surface area contributed by atoms with E-state index in [0.29, 0.717) is 0 Å². The van der Waals surface area contributed by atoms with E-state index >= 15 is 0 Å². The van der Waals surface area contributed by atoms with Crippen LogP contribution < -0.4 is 0 Å². The molecule has 0 bridgehead atoms. The summed E-state index contributed by atoms with van der Waals surface area (Å²) in [5.74, 6) is 0. The van der Waals surface area contributed by atoms with E-state index in [-0.39, 0.29) is 5.41 Å². The molecule has 0 heterocycles. The molecule has 1 aromatic carbocycles. The van der Waals surface area contributed by atoms with E-state index in [4.69, 9.17) is 0 Å². The maximum absolute atomic E-state index is 4.25. The first-order valence-corrected chi connectivity index (χ1v) is 4.22. The highest BCUT2D eigenvalue weighted by atomic mass is 14.4. The largest absolute Gasteiger partial charge is 0.0622 e. The molecule has 0 aromatic heterocycles. The number of benzene rings is 1. The van der Waals surface area contributed by atoms with Gasteiger partial charge in [-0.3, -0.25) is 0 Å². The molecule has 0 amide bonds. The molecule has 0 saturated heterocycles. The Bertz CT molecular complexity index is 231. The number of rotatable bonds is 1. The van der Waals surface area contributed by atoms with Gasteiger partial charge < -0.3 is 0 Å². The maximum Gasteiger partial charge on any atom is -0.00466 e. The summed E-state index contributed by atoms with van der Waals surface area (Å²) in [4.78, 5) is 0. The van der Waals surface area contributed by atoms with Crippen LogP contribution >= 0.6 is 0 Å². The third kappa shape index (κ3) is 1.07. The summed E-state index contributed by atoms with van der Waals surface area (Å²) in [6.45, 7) is 4.25. The lowest BCUT2D eigenvalue weighted by Crippen LogP contribution is -2.30. The van der Waals surface area contributed by atoms with Gasteiger partial charge >= 0.3 is 0 Å². The van der Waals surface area contributed by atoms with Crippen LogP contribution in [0.3, 0.4) is 0 Å². The van der Waals surface area contributed by atoms with Crippen molar-refractivity contribution in [1.29, 1.82) is 0 Å². The standard InChI is InChI=1S/C11H13/c1-11(8-5-9-11)10-6-3-2-4-7-10/h2-4,6-7H,1,5,8-9H2. The van der Waals surface area contributed by atoms with Crippen LogP contribution in [0.1, 0.15) is 24.8 Å². The van der Waals surface area contributed by atoms with E-state index in [1.807, 2.05) is 0 Å². The van der Waals surface area contributed by atoms with Gasteiger partial charge in [-0.1, -0.05) is 36.8 Å². The normalized spacial score (nSPS) is 20.8. The zero-order chi connectivity index (χ0) is 7.73. The van der Waals surface area contributed by atoms with Crippen LogP contribution in [0.15, 0.2) is 30.3 Å². The molecule has 1 aliphatic rings. The van der Waals surface area contributed by atoms with Crippen LogP contribution in [0, 0.1) is 6.92 Å².